The summed E-state index contributed by atoms with van der Waals surface area (Å²) in [7, 11) is -4.02. The second-order valence-electron chi connectivity index (χ2n) is 4.77. The summed E-state index contributed by atoms with van der Waals surface area (Å²) < 4.78 is 55.5. The third kappa shape index (κ3) is 6.93. The lowest BCUT2D eigenvalue weighted by Crippen LogP contribution is -2.27. The average molecular weight is 386 g/mol. The van der Waals surface area contributed by atoms with Crippen LogP contribution in [0.3, 0.4) is 0 Å². The van der Waals surface area contributed by atoms with Crippen LogP contribution in [-0.2, 0) is 10.1 Å². The number of hydroxylamine groups is 1. The summed E-state index contributed by atoms with van der Waals surface area (Å²) >= 11 is 0. The van der Waals surface area contributed by atoms with Crippen molar-refractivity contribution >= 4 is 22.3 Å². The number of halogens is 2. The second kappa shape index (κ2) is 9.56. The monoisotopic (exact) mass is 386 g/mol. The molecule has 0 heterocycles. The molecule has 8 nitrogen and oxygen atoms in total. The van der Waals surface area contributed by atoms with Crippen LogP contribution in [0.2, 0.25) is 0 Å². The van der Waals surface area contributed by atoms with E-state index < -0.39 is 21.8 Å². The van der Waals surface area contributed by atoms with Crippen molar-refractivity contribution in [3.63, 3.8) is 0 Å². The summed E-state index contributed by atoms with van der Waals surface area (Å²) in [4.78, 5) is -0.0666. The third-order valence-corrected chi connectivity index (χ3v) is 3.65. The Hall–Kier alpha value is -2.89. The number of guanidine groups is 1. The Bertz CT molecular complexity index is 880. The summed E-state index contributed by atoms with van der Waals surface area (Å²) in [6.07, 6.45) is 0.856. The molecule has 0 saturated heterocycles. The molecule has 0 bridgehead atoms. The molecule has 0 atom stereocenters. The minimum atomic E-state index is -4.02. The molecule has 0 aromatic heterocycles. The lowest BCUT2D eigenvalue weighted by atomic mass is 10.2. The summed E-state index contributed by atoms with van der Waals surface area (Å²) in [5.41, 5.74) is 7.14. The van der Waals surface area contributed by atoms with E-state index in [1.807, 2.05) is 6.92 Å². The quantitative estimate of drug-likeness (QED) is 0.275. The smallest absolute Gasteiger partial charge is 0.294 e. The molecule has 0 aliphatic carbocycles. The van der Waals surface area contributed by atoms with Gasteiger partial charge in [-0.3, -0.25) is 9.76 Å². The molecule has 0 aliphatic rings. The highest BCUT2D eigenvalue weighted by molar-refractivity contribution is 7.85. The fourth-order valence-corrected chi connectivity index (χ4v) is 2.00. The number of nitrogens with two attached hydrogens (primary N) is 1. The molecule has 0 radical (unpaired) electrons. The molecule has 0 unspecified atom stereocenters. The Morgan fingerprint density at radius 1 is 1.15 bits per heavy atom. The standard InChI is InChI=1S/C8H8F2N4O.C7H8O3S/c9-6-2-1-3-7(10)5(6)4-12-13-8(11)14-15;1-6-2-4-7(5-3-6)11(8,9)10/h1-4,15H,(H3,11,13,14);2-5H,1H3,(H,8,9,10)/b12-4+;. The fourth-order valence-electron chi connectivity index (χ4n) is 1.52. The average Bonchev–Trinajstić information content (AvgIpc) is 2.57. The maximum Gasteiger partial charge on any atom is 0.294 e. The molecule has 0 spiro atoms. The first-order valence-corrected chi connectivity index (χ1v) is 8.34. The van der Waals surface area contributed by atoms with Gasteiger partial charge in [-0.05, 0) is 31.2 Å². The van der Waals surface area contributed by atoms with Crippen molar-refractivity contribution in [3.8, 4) is 0 Å². The van der Waals surface area contributed by atoms with Crippen LogP contribution < -0.4 is 11.2 Å². The molecule has 5 N–H and O–H groups in total. The second-order valence-corrected chi connectivity index (χ2v) is 6.19. The van der Waals surface area contributed by atoms with Gasteiger partial charge in [0.2, 0.25) is 5.96 Å². The lowest BCUT2D eigenvalue weighted by Gasteiger charge is -1.96. The largest absolute Gasteiger partial charge is 0.367 e. The number of aryl methyl sites for hydroxylation is 1. The fraction of sp³-hybridized carbons (Fsp3) is 0.0667. The van der Waals surface area contributed by atoms with E-state index in [9.17, 15) is 17.2 Å². The Balaban J connectivity index is 0.000000273. The summed E-state index contributed by atoms with van der Waals surface area (Å²) in [6.45, 7) is 1.84. The number of hydrogen-bond acceptors (Lipinski definition) is 5. The molecule has 140 valence electrons. The van der Waals surface area contributed by atoms with Crippen molar-refractivity contribution in [2.75, 3.05) is 0 Å². The zero-order valence-electron chi connectivity index (χ0n) is 13.5. The highest BCUT2D eigenvalue weighted by atomic mass is 32.2. The molecule has 0 fully saturated rings. The molecule has 26 heavy (non-hydrogen) atoms. The molecule has 2 aromatic rings. The number of hydrogen-bond donors (Lipinski definition) is 4. The van der Waals surface area contributed by atoms with Gasteiger partial charge in [0.1, 0.15) is 11.6 Å². The van der Waals surface area contributed by atoms with Gasteiger partial charge in [-0.15, -0.1) is 5.10 Å². The van der Waals surface area contributed by atoms with E-state index in [4.69, 9.17) is 15.5 Å². The van der Waals surface area contributed by atoms with E-state index in [1.54, 1.807) is 12.1 Å². The molecular formula is C15H16F2N4O4S. The summed E-state index contributed by atoms with van der Waals surface area (Å²) in [5.74, 6) is -1.91. The Morgan fingerprint density at radius 2 is 1.69 bits per heavy atom. The first-order chi connectivity index (χ1) is 12.1. The summed E-state index contributed by atoms with van der Waals surface area (Å²) in [6, 6.07) is 9.39. The first-order valence-electron chi connectivity index (χ1n) is 6.90. The first kappa shape index (κ1) is 21.2. The Morgan fingerprint density at radius 3 is 2.15 bits per heavy atom. The molecule has 2 aromatic carbocycles. The molecule has 0 saturated carbocycles. The number of nitrogens with one attached hydrogen (secondary N) is 1. The van der Waals surface area contributed by atoms with Gasteiger partial charge in [-0.25, -0.2) is 14.3 Å². The van der Waals surface area contributed by atoms with E-state index in [0.29, 0.717) is 0 Å². The van der Waals surface area contributed by atoms with E-state index in [0.717, 1.165) is 23.9 Å². The molecule has 2 rings (SSSR count). The van der Waals surface area contributed by atoms with Crippen molar-refractivity contribution in [2.24, 2.45) is 15.9 Å². The van der Waals surface area contributed by atoms with E-state index in [2.05, 4.69) is 10.2 Å². The van der Waals surface area contributed by atoms with E-state index in [1.165, 1.54) is 23.7 Å². The van der Waals surface area contributed by atoms with Crippen LogP contribution in [0.15, 0.2) is 57.6 Å². The molecule has 0 aliphatic heterocycles. The third-order valence-electron chi connectivity index (χ3n) is 2.79. The molecule has 11 heteroatoms. The normalized spacial score (nSPS) is 11.8. The SMILES string of the molecule is Cc1ccc(S(=O)(=O)O)cc1.N/C(=N\N=C\c1c(F)cccc1F)NO. The predicted octanol–water partition coefficient (Wildman–Crippen LogP) is 1.83. The minimum Gasteiger partial charge on any atom is -0.367 e. The number of nitrogens with zero attached hydrogens (tertiary/aromatic N) is 2. The van der Waals surface area contributed by atoms with Gasteiger partial charge in [0, 0.05) is 0 Å². The zero-order valence-corrected chi connectivity index (χ0v) is 14.3. The number of benzene rings is 2. The van der Waals surface area contributed by atoms with Crippen molar-refractivity contribution in [2.45, 2.75) is 11.8 Å². The van der Waals surface area contributed by atoms with Gasteiger partial charge in [-0.2, -0.15) is 13.5 Å². The minimum absolute atomic E-state index is 0.0666. The Kier molecular flexibility index (Phi) is 7.77. The van der Waals surface area contributed by atoms with Crippen molar-refractivity contribution < 1.29 is 27.0 Å². The lowest BCUT2D eigenvalue weighted by molar-refractivity contribution is 0.232. The van der Waals surface area contributed by atoms with Crippen molar-refractivity contribution in [1.29, 1.82) is 0 Å². The Labute approximate surface area is 148 Å². The van der Waals surface area contributed by atoms with Crippen LogP contribution in [0.25, 0.3) is 0 Å². The summed E-state index contributed by atoms with van der Waals surface area (Å²) in [5, 5.41) is 14.7. The maximum absolute atomic E-state index is 13.0. The molecular weight excluding hydrogens is 370 g/mol. The van der Waals surface area contributed by atoms with Crippen LogP contribution >= 0.6 is 0 Å². The van der Waals surface area contributed by atoms with Crippen LogP contribution in [0.5, 0.6) is 0 Å². The maximum atomic E-state index is 13.0. The van der Waals surface area contributed by atoms with Gasteiger partial charge in [0.15, 0.2) is 0 Å². The van der Waals surface area contributed by atoms with Gasteiger partial charge in [0.25, 0.3) is 10.1 Å². The van der Waals surface area contributed by atoms with Gasteiger partial charge in [0.05, 0.1) is 16.7 Å². The highest BCUT2D eigenvalue weighted by Crippen LogP contribution is 2.09. The zero-order chi connectivity index (χ0) is 19.7. The van der Waals surface area contributed by atoms with Crippen LogP contribution in [0.4, 0.5) is 8.78 Å². The van der Waals surface area contributed by atoms with Gasteiger partial charge in [-0.1, -0.05) is 23.8 Å². The van der Waals surface area contributed by atoms with Gasteiger partial charge < -0.3 is 5.73 Å². The predicted molar refractivity (Wildman–Crippen MR) is 91.5 cm³/mol. The number of rotatable bonds is 3. The van der Waals surface area contributed by atoms with Crippen LogP contribution in [0, 0.1) is 18.6 Å². The van der Waals surface area contributed by atoms with Crippen LogP contribution in [0.1, 0.15) is 11.1 Å². The van der Waals surface area contributed by atoms with Gasteiger partial charge >= 0.3 is 0 Å². The van der Waals surface area contributed by atoms with E-state index >= 15 is 0 Å². The van der Waals surface area contributed by atoms with Crippen LogP contribution in [-0.4, -0.2) is 30.4 Å². The van der Waals surface area contributed by atoms with E-state index in [-0.39, 0.29) is 16.4 Å². The highest BCUT2D eigenvalue weighted by Gasteiger charge is 2.07. The topological polar surface area (TPSA) is 137 Å². The van der Waals surface area contributed by atoms with Crippen molar-refractivity contribution in [3.05, 3.63) is 65.2 Å². The van der Waals surface area contributed by atoms with Crippen molar-refractivity contribution in [1.82, 2.24) is 5.48 Å². The molecule has 0 amide bonds.